The average molecular weight is 787 g/mol. The maximum Gasteiger partial charge on any atom is 0.410 e. The van der Waals surface area contributed by atoms with Crippen molar-refractivity contribution in [2.24, 2.45) is 5.92 Å². The zero-order valence-electron chi connectivity index (χ0n) is 31.0. The number of fused-ring (bicyclic) bond motifs is 3. The summed E-state index contributed by atoms with van der Waals surface area (Å²) in [6.07, 6.45) is 2.57. The zero-order chi connectivity index (χ0) is 39.9. The first kappa shape index (κ1) is 39.7. The number of carbonyl (C=O) groups excluding carboxylic acids is 6. The fraction of sp³-hybridized carbons (Fsp3) is 0.568. The molecule has 1 unspecified atom stereocenters. The van der Waals surface area contributed by atoms with Crippen LogP contribution in [0.2, 0.25) is 0 Å². The van der Waals surface area contributed by atoms with Crippen LogP contribution in [0.1, 0.15) is 70.4 Å². The molecular formula is C37H47FN6O10S. The maximum atomic E-state index is 14.5. The Hall–Kier alpha value is -5.00. The molecule has 0 bridgehead atoms. The second kappa shape index (κ2) is 15.3. The molecule has 18 heteroatoms. The number of hydrogen-bond acceptors (Lipinski definition) is 10. The molecule has 16 nitrogen and oxygen atoms in total. The molecule has 5 atom stereocenters. The average Bonchev–Trinajstić information content (AvgIpc) is 3.99. The SMILES string of the molecule is C=CC(=O)N1C/C=C\[C@@H]2C[C@@]2(C(=O)NS(=O)(=O)C2CC2)NC(=O)[C@@H]2CC(OC(=O)N3Cc4cccc(F)c4C3)CN2C(=O)[C@@H](NC(=O)OC(C)(C)C)CCC1. The molecule has 2 aliphatic carbocycles. The monoisotopic (exact) mass is 786 g/mol. The quantitative estimate of drug-likeness (QED) is 0.283. The molecule has 0 aromatic heterocycles. The van der Waals surface area contributed by atoms with Gasteiger partial charge in [-0.15, -0.1) is 0 Å². The Kier molecular flexibility index (Phi) is 11.0. The Bertz CT molecular complexity index is 1910. The minimum Gasteiger partial charge on any atom is -0.444 e. The summed E-state index contributed by atoms with van der Waals surface area (Å²) < 4.78 is 53.5. The van der Waals surface area contributed by atoms with Crippen LogP contribution < -0.4 is 15.4 Å². The van der Waals surface area contributed by atoms with Gasteiger partial charge in [0.15, 0.2) is 0 Å². The largest absolute Gasteiger partial charge is 0.444 e. The van der Waals surface area contributed by atoms with Crippen LogP contribution in [0.5, 0.6) is 0 Å². The number of rotatable bonds is 6. The van der Waals surface area contributed by atoms with E-state index in [1.54, 1.807) is 45.1 Å². The number of ether oxygens (including phenoxy) is 2. The summed E-state index contributed by atoms with van der Waals surface area (Å²) in [6, 6.07) is 1.96. The van der Waals surface area contributed by atoms with E-state index in [-0.39, 0.29) is 58.4 Å². The number of nitrogens with one attached hydrogen (secondary N) is 3. The molecule has 0 spiro atoms. The molecule has 6 rings (SSSR count). The Morgan fingerprint density at radius 2 is 1.84 bits per heavy atom. The van der Waals surface area contributed by atoms with Gasteiger partial charge in [-0.05, 0) is 70.6 Å². The van der Waals surface area contributed by atoms with Gasteiger partial charge >= 0.3 is 12.2 Å². The van der Waals surface area contributed by atoms with Gasteiger partial charge in [-0.25, -0.2) is 22.4 Å². The summed E-state index contributed by atoms with van der Waals surface area (Å²) >= 11 is 0. The third-order valence-corrected chi connectivity index (χ3v) is 12.2. The topological polar surface area (TPSA) is 201 Å². The summed E-state index contributed by atoms with van der Waals surface area (Å²) in [5.41, 5.74) is -1.64. The van der Waals surface area contributed by atoms with E-state index in [2.05, 4.69) is 21.9 Å². The lowest BCUT2D eigenvalue weighted by atomic mass is 10.1. The van der Waals surface area contributed by atoms with Gasteiger partial charge in [0.2, 0.25) is 27.7 Å². The summed E-state index contributed by atoms with van der Waals surface area (Å²) in [5, 5.41) is 4.61. The molecule has 1 aromatic carbocycles. The molecule has 1 aromatic rings. The molecule has 0 radical (unpaired) electrons. The molecule has 5 aliphatic rings. The van der Waals surface area contributed by atoms with Crippen molar-refractivity contribution in [2.45, 2.75) is 107 Å². The van der Waals surface area contributed by atoms with E-state index in [9.17, 15) is 41.6 Å². The van der Waals surface area contributed by atoms with Gasteiger partial charge in [0, 0.05) is 37.5 Å². The smallest absolute Gasteiger partial charge is 0.410 e. The van der Waals surface area contributed by atoms with Crippen LogP contribution in [-0.2, 0) is 51.8 Å². The number of benzene rings is 1. The van der Waals surface area contributed by atoms with E-state index < -0.39 is 92.2 Å². The van der Waals surface area contributed by atoms with Crippen LogP contribution in [0.3, 0.4) is 0 Å². The Morgan fingerprint density at radius 1 is 1.09 bits per heavy atom. The minimum absolute atomic E-state index is 0.0175. The van der Waals surface area contributed by atoms with Gasteiger partial charge < -0.3 is 29.9 Å². The van der Waals surface area contributed by atoms with Crippen LogP contribution >= 0.6 is 0 Å². The molecular weight excluding hydrogens is 740 g/mol. The van der Waals surface area contributed by atoms with E-state index in [1.165, 1.54) is 20.8 Å². The van der Waals surface area contributed by atoms with Gasteiger partial charge in [-0.3, -0.25) is 28.8 Å². The van der Waals surface area contributed by atoms with Crippen molar-refractivity contribution < 1.29 is 51.0 Å². The lowest BCUT2D eigenvalue weighted by Crippen LogP contribution is -2.58. The van der Waals surface area contributed by atoms with E-state index >= 15 is 0 Å². The molecule has 6 amide bonds. The number of hydrogen-bond donors (Lipinski definition) is 3. The number of alkyl carbamates (subject to hydrolysis) is 1. The van der Waals surface area contributed by atoms with Crippen molar-refractivity contribution in [3.8, 4) is 0 Å². The fourth-order valence-corrected chi connectivity index (χ4v) is 8.60. The second-order valence-electron chi connectivity index (χ2n) is 15.7. The van der Waals surface area contributed by atoms with Crippen molar-refractivity contribution in [2.75, 3.05) is 19.6 Å². The highest BCUT2D eigenvalue weighted by Crippen LogP contribution is 2.46. The zero-order valence-corrected chi connectivity index (χ0v) is 31.9. The summed E-state index contributed by atoms with van der Waals surface area (Å²) in [4.78, 5) is 85.6. The lowest BCUT2D eigenvalue weighted by Gasteiger charge is -2.30. The number of halogens is 1. The lowest BCUT2D eigenvalue weighted by molar-refractivity contribution is -0.141. The van der Waals surface area contributed by atoms with Crippen molar-refractivity contribution in [1.29, 1.82) is 0 Å². The van der Waals surface area contributed by atoms with E-state index in [0.717, 1.165) is 6.08 Å². The van der Waals surface area contributed by atoms with E-state index in [1.807, 2.05) is 0 Å². The van der Waals surface area contributed by atoms with Crippen molar-refractivity contribution in [1.82, 2.24) is 30.1 Å². The van der Waals surface area contributed by atoms with Crippen molar-refractivity contribution >= 4 is 45.8 Å². The number of sulfonamides is 1. The summed E-state index contributed by atoms with van der Waals surface area (Å²) in [7, 11) is -4.01. The predicted octanol–water partition coefficient (Wildman–Crippen LogP) is 1.99. The first-order valence-electron chi connectivity index (χ1n) is 18.4. The number of nitrogens with zero attached hydrogens (tertiary/aromatic N) is 3. The summed E-state index contributed by atoms with van der Waals surface area (Å²) in [6.45, 7) is 8.52. The van der Waals surface area contributed by atoms with Gasteiger partial charge in [0.25, 0.3) is 5.91 Å². The molecule has 3 aliphatic heterocycles. The predicted molar refractivity (Wildman–Crippen MR) is 193 cm³/mol. The van der Waals surface area contributed by atoms with Crippen LogP contribution in [0.25, 0.3) is 0 Å². The van der Waals surface area contributed by atoms with Crippen LogP contribution in [-0.4, -0.2) is 113 Å². The third kappa shape index (κ3) is 8.95. The molecule has 298 valence electrons. The highest BCUT2D eigenvalue weighted by atomic mass is 32.2. The summed E-state index contributed by atoms with van der Waals surface area (Å²) in [5.74, 6) is -3.97. The van der Waals surface area contributed by atoms with Crippen molar-refractivity contribution in [3.63, 3.8) is 0 Å². The highest BCUT2D eigenvalue weighted by Gasteiger charge is 2.62. The molecule has 3 fully saturated rings. The Labute approximate surface area is 318 Å². The molecule has 55 heavy (non-hydrogen) atoms. The Morgan fingerprint density at radius 3 is 2.51 bits per heavy atom. The Balaban J connectivity index is 1.29. The normalized spacial score (nSPS) is 27.6. The minimum atomic E-state index is -4.01. The first-order valence-corrected chi connectivity index (χ1v) is 19.9. The van der Waals surface area contributed by atoms with E-state index in [4.69, 9.17) is 9.47 Å². The first-order chi connectivity index (χ1) is 25.9. The third-order valence-electron chi connectivity index (χ3n) is 10.4. The van der Waals surface area contributed by atoms with Crippen LogP contribution in [0.15, 0.2) is 43.0 Å². The number of carbonyl (C=O) groups is 6. The van der Waals surface area contributed by atoms with Gasteiger partial charge in [-0.1, -0.05) is 30.9 Å². The second-order valence-corrected chi connectivity index (χ2v) is 17.6. The number of amides is 6. The molecule has 3 N–H and O–H groups in total. The fourth-order valence-electron chi connectivity index (χ4n) is 7.24. The standard InChI is InChI=1S/C37H47FN6O10S/c1-5-30(45)42-15-7-10-23-18-37(23,33(48)41-55(51,52)25-13-14-25)40-31(46)29-17-24(53-35(50)43-19-22-9-6-11-27(38)26(22)21-43)20-44(29)32(47)28(12-8-16-42)39-34(49)54-36(2,3)4/h5-7,9-11,23-25,28-29H,1,8,12-21H2,2-4H3,(H,39,49)(H,40,46)(H,41,48)/b10-7-/t23-,24?,28+,29+,37-/m1/s1. The van der Waals surface area contributed by atoms with Crippen molar-refractivity contribution in [3.05, 3.63) is 60.0 Å². The van der Waals surface area contributed by atoms with E-state index in [0.29, 0.717) is 24.0 Å². The highest BCUT2D eigenvalue weighted by molar-refractivity contribution is 7.91. The van der Waals surface area contributed by atoms with Gasteiger partial charge in [-0.2, -0.15) is 0 Å². The van der Waals surface area contributed by atoms with Crippen LogP contribution in [0.4, 0.5) is 14.0 Å². The molecule has 3 heterocycles. The molecule has 1 saturated heterocycles. The maximum absolute atomic E-state index is 14.5. The van der Waals surface area contributed by atoms with Gasteiger partial charge in [0.05, 0.1) is 18.3 Å². The van der Waals surface area contributed by atoms with Crippen LogP contribution in [0, 0.1) is 11.7 Å². The van der Waals surface area contributed by atoms with Gasteiger partial charge in [0.1, 0.15) is 35.1 Å². The molecule has 2 saturated carbocycles.